The van der Waals surface area contributed by atoms with Crippen molar-refractivity contribution in [1.82, 2.24) is 19.7 Å². The molecule has 2 heterocycles. The van der Waals surface area contributed by atoms with E-state index in [1.807, 2.05) is 31.2 Å². The fourth-order valence-corrected chi connectivity index (χ4v) is 4.61. The number of aryl methyl sites for hydroxylation is 1. The Labute approximate surface area is 172 Å². The van der Waals surface area contributed by atoms with Crippen LogP contribution in [-0.4, -0.2) is 26.9 Å². The number of nitrogens with zero attached hydrogens (tertiary/aromatic N) is 4. The van der Waals surface area contributed by atoms with E-state index in [-0.39, 0.29) is 0 Å². The molecule has 0 amide bonds. The Hall–Kier alpha value is -2.64. The number of aromatic nitrogens is 4. The van der Waals surface area contributed by atoms with Crippen LogP contribution in [0.3, 0.4) is 0 Å². The third kappa shape index (κ3) is 4.26. The number of hydrogen-bond acceptors (Lipinski definition) is 6. The van der Waals surface area contributed by atoms with Crippen LogP contribution in [0.1, 0.15) is 17.1 Å². The first kappa shape index (κ1) is 18.7. The minimum absolute atomic E-state index is 0.757. The van der Waals surface area contributed by atoms with E-state index in [0.29, 0.717) is 0 Å². The highest BCUT2D eigenvalue weighted by atomic mass is 32.2. The molecule has 142 valence electrons. The van der Waals surface area contributed by atoms with E-state index in [1.165, 1.54) is 5.56 Å². The van der Waals surface area contributed by atoms with E-state index in [0.717, 1.165) is 45.3 Å². The minimum Gasteiger partial charge on any atom is -0.497 e. The van der Waals surface area contributed by atoms with Gasteiger partial charge in [-0.3, -0.25) is 0 Å². The van der Waals surface area contributed by atoms with Crippen LogP contribution in [0.5, 0.6) is 5.75 Å². The molecule has 4 rings (SSSR count). The molecule has 0 spiro atoms. The molecular formula is C21H20N4OS2. The maximum absolute atomic E-state index is 5.31. The van der Waals surface area contributed by atoms with Crippen molar-refractivity contribution >= 4 is 23.1 Å². The number of methoxy groups -OCH3 is 1. The van der Waals surface area contributed by atoms with Crippen LogP contribution in [0.4, 0.5) is 0 Å². The molecule has 0 radical (unpaired) electrons. The first-order valence-electron chi connectivity index (χ1n) is 8.88. The predicted molar refractivity (Wildman–Crippen MR) is 114 cm³/mol. The molecule has 0 aliphatic rings. The van der Waals surface area contributed by atoms with E-state index >= 15 is 0 Å². The highest BCUT2D eigenvalue weighted by Gasteiger charge is 2.12. The molecule has 0 saturated carbocycles. The third-order valence-electron chi connectivity index (χ3n) is 4.30. The van der Waals surface area contributed by atoms with Gasteiger partial charge in [0.05, 0.1) is 19.3 Å². The summed E-state index contributed by atoms with van der Waals surface area (Å²) in [4.78, 5) is 4.78. The van der Waals surface area contributed by atoms with E-state index in [1.54, 1.807) is 30.2 Å². The molecule has 0 bridgehead atoms. The van der Waals surface area contributed by atoms with Crippen molar-refractivity contribution in [3.05, 3.63) is 77.1 Å². The molecule has 0 aliphatic carbocycles. The van der Waals surface area contributed by atoms with Gasteiger partial charge in [0.15, 0.2) is 5.16 Å². The monoisotopic (exact) mass is 408 g/mol. The maximum atomic E-state index is 5.31. The number of ether oxygens (including phenoxy) is 1. The maximum Gasteiger partial charge on any atom is 0.191 e. The SMILES string of the molecule is COc1cccc(-c2nc(CSc3nnc(C)n3Cc3ccccc3)cs2)c1. The first-order valence-corrected chi connectivity index (χ1v) is 10.7. The summed E-state index contributed by atoms with van der Waals surface area (Å²) < 4.78 is 7.46. The van der Waals surface area contributed by atoms with Crippen molar-refractivity contribution in [3.8, 4) is 16.3 Å². The van der Waals surface area contributed by atoms with Gasteiger partial charge in [-0.25, -0.2) is 4.98 Å². The van der Waals surface area contributed by atoms with Crippen molar-refractivity contribution < 1.29 is 4.74 Å². The molecule has 0 fully saturated rings. The van der Waals surface area contributed by atoms with Crippen LogP contribution in [0.25, 0.3) is 10.6 Å². The Balaban J connectivity index is 1.46. The molecule has 2 aromatic carbocycles. The summed E-state index contributed by atoms with van der Waals surface area (Å²) >= 11 is 3.31. The summed E-state index contributed by atoms with van der Waals surface area (Å²) in [6.45, 7) is 2.76. The topological polar surface area (TPSA) is 52.8 Å². The lowest BCUT2D eigenvalue weighted by Crippen LogP contribution is -2.03. The molecular weight excluding hydrogens is 388 g/mol. The first-order chi connectivity index (χ1) is 13.7. The average molecular weight is 409 g/mol. The lowest BCUT2D eigenvalue weighted by atomic mass is 10.2. The van der Waals surface area contributed by atoms with Crippen molar-refractivity contribution in [2.24, 2.45) is 0 Å². The minimum atomic E-state index is 0.757. The molecule has 2 aromatic heterocycles. The van der Waals surface area contributed by atoms with Gasteiger partial charge in [-0.1, -0.05) is 54.2 Å². The van der Waals surface area contributed by atoms with Gasteiger partial charge in [0, 0.05) is 16.7 Å². The lowest BCUT2D eigenvalue weighted by molar-refractivity contribution is 0.415. The predicted octanol–water partition coefficient (Wildman–Crippen LogP) is 5.06. The zero-order chi connectivity index (χ0) is 19.3. The van der Waals surface area contributed by atoms with Crippen molar-refractivity contribution in [2.75, 3.05) is 7.11 Å². The highest BCUT2D eigenvalue weighted by Crippen LogP contribution is 2.29. The molecule has 0 atom stereocenters. The largest absolute Gasteiger partial charge is 0.497 e. The molecule has 4 aromatic rings. The van der Waals surface area contributed by atoms with Crippen molar-refractivity contribution in [3.63, 3.8) is 0 Å². The van der Waals surface area contributed by atoms with Crippen LogP contribution in [-0.2, 0) is 12.3 Å². The normalized spacial score (nSPS) is 10.9. The molecule has 0 N–H and O–H groups in total. The number of benzene rings is 2. The summed E-state index contributed by atoms with van der Waals surface area (Å²) in [5.74, 6) is 2.52. The number of hydrogen-bond donors (Lipinski definition) is 0. The number of rotatable bonds is 7. The van der Waals surface area contributed by atoms with Crippen molar-refractivity contribution in [2.45, 2.75) is 24.4 Å². The van der Waals surface area contributed by atoms with E-state index < -0.39 is 0 Å². The third-order valence-corrected chi connectivity index (χ3v) is 6.24. The van der Waals surface area contributed by atoms with E-state index in [9.17, 15) is 0 Å². The smallest absolute Gasteiger partial charge is 0.191 e. The summed E-state index contributed by atoms with van der Waals surface area (Å²) in [5.41, 5.74) is 3.35. The van der Waals surface area contributed by atoms with Gasteiger partial charge in [0.2, 0.25) is 0 Å². The summed E-state index contributed by atoms with van der Waals surface area (Å²) in [6.07, 6.45) is 0. The molecule has 0 unspecified atom stereocenters. The fraction of sp³-hybridized carbons (Fsp3) is 0.190. The van der Waals surface area contributed by atoms with Crippen LogP contribution >= 0.6 is 23.1 Å². The average Bonchev–Trinajstić information content (AvgIpc) is 3.35. The molecule has 28 heavy (non-hydrogen) atoms. The van der Waals surface area contributed by atoms with E-state index in [2.05, 4.69) is 50.5 Å². The second-order valence-electron chi connectivity index (χ2n) is 6.27. The number of thioether (sulfide) groups is 1. The molecule has 7 heteroatoms. The Kier molecular flexibility index (Phi) is 5.73. The van der Waals surface area contributed by atoms with Gasteiger partial charge < -0.3 is 9.30 Å². The summed E-state index contributed by atoms with van der Waals surface area (Å²) in [5, 5.41) is 12.6. The lowest BCUT2D eigenvalue weighted by Gasteiger charge is -2.08. The Bertz CT molecular complexity index is 1060. The Morgan fingerprint density at radius 2 is 1.93 bits per heavy atom. The van der Waals surface area contributed by atoms with Crippen LogP contribution in [0, 0.1) is 6.92 Å². The molecule has 5 nitrogen and oxygen atoms in total. The number of thiazole rings is 1. The zero-order valence-corrected chi connectivity index (χ0v) is 17.3. The highest BCUT2D eigenvalue weighted by molar-refractivity contribution is 7.98. The second-order valence-corrected chi connectivity index (χ2v) is 8.07. The van der Waals surface area contributed by atoms with Crippen molar-refractivity contribution in [1.29, 1.82) is 0 Å². The van der Waals surface area contributed by atoms with Gasteiger partial charge in [-0.2, -0.15) is 0 Å². The van der Waals surface area contributed by atoms with Gasteiger partial charge in [-0.15, -0.1) is 21.5 Å². The van der Waals surface area contributed by atoms with Crippen LogP contribution in [0.15, 0.2) is 65.1 Å². The van der Waals surface area contributed by atoms with Gasteiger partial charge in [0.25, 0.3) is 0 Å². The Morgan fingerprint density at radius 1 is 1.07 bits per heavy atom. The summed E-state index contributed by atoms with van der Waals surface area (Å²) in [7, 11) is 1.68. The standard InChI is InChI=1S/C21H20N4OS2/c1-15-23-24-21(25(15)12-16-7-4-3-5-8-16)28-14-18-13-27-20(22-18)17-9-6-10-19(11-17)26-2/h3-11,13H,12,14H2,1-2H3. The van der Waals surface area contributed by atoms with Gasteiger partial charge in [-0.05, 0) is 24.6 Å². The molecule has 0 saturated heterocycles. The van der Waals surface area contributed by atoms with E-state index in [4.69, 9.17) is 9.72 Å². The molecule has 0 aliphatic heterocycles. The zero-order valence-electron chi connectivity index (χ0n) is 15.7. The van der Waals surface area contributed by atoms with Gasteiger partial charge >= 0.3 is 0 Å². The van der Waals surface area contributed by atoms with Crippen LogP contribution in [0.2, 0.25) is 0 Å². The second kappa shape index (κ2) is 8.58. The summed E-state index contributed by atoms with van der Waals surface area (Å²) in [6, 6.07) is 18.4. The fourth-order valence-electron chi connectivity index (χ4n) is 2.82. The van der Waals surface area contributed by atoms with Crippen LogP contribution < -0.4 is 4.74 Å². The van der Waals surface area contributed by atoms with Gasteiger partial charge in [0.1, 0.15) is 16.6 Å². The Morgan fingerprint density at radius 3 is 2.75 bits per heavy atom. The quantitative estimate of drug-likeness (QED) is 0.400.